The van der Waals surface area contributed by atoms with Crippen molar-refractivity contribution >= 4 is 6.09 Å². The van der Waals surface area contributed by atoms with Crippen molar-refractivity contribution in [3.05, 3.63) is 0 Å². The fraction of sp³-hybridized carbons (Fsp3) is 0.833. The molecule has 1 rings (SSSR count). The molecule has 0 bridgehead atoms. The van der Waals surface area contributed by atoms with Gasteiger partial charge in [0.25, 0.3) is 0 Å². The van der Waals surface area contributed by atoms with Gasteiger partial charge >= 0.3 is 6.09 Å². The number of carbonyl (C=O) groups excluding carboxylic acids is 1. The summed E-state index contributed by atoms with van der Waals surface area (Å²) in [5.74, 6) is 0. The van der Waals surface area contributed by atoms with Gasteiger partial charge in [0, 0.05) is 6.04 Å². The van der Waals surface area contributed by atoms with Gasteiger partial charge in [-0.2, -0.15) is 0 Å². The van der Waals surface area contributed by atoms with E-state index < -0.39 is 0 Å². The van der Waals surface area contributed by atoms with E-state index in [0.717, 1.165) is 12.8 Å². The Balaban J connectivity index is 2.02. The first kappa shape index (κ1) is 6.39. The third-order valence-corrected chi connectivity index (χ3v) is 1.17. The molecular formula is C6H11NO2. The molecule has 0 unspecified atom stereocenters. The maximum atomic E-state index is 10.6. The van der Waals surface area contributed by atoms with E-state index in [-0.39, 0.29) is 6.09 Å². The standard InChI is InChI=1S/C6H11NO2/c1-2-9-6(8)7-5-3-4-5/h5H,2-4H2,1H3,(H,7,8). The fourth-order valence-corrected chi connectivity index (χ4v) is 0.567. The van der Waals surface area contributed by atoms with Gasteiger partial charge in [0.1, 0.15) is 0 Å². The summed E-state index contributed by atoms with van der Waals surface area (Å²) in [6.45, 7) is 2.25. The van der Waals surface area contributed by atoms with Gasteiger partial charge in [-0.15, -0.1) is 0 Å². The van der Waals surface area contributed by atoms with E-state index in [1.165, 1.54) is 0 Å². The van der Waals surface area contributed by atoms with Crippen LogP contribution in [0.3, 0.4) is 0 Å². The van der Waals surface area contributed by atoms with Crippen molar-refractivity contribution < 1.29 is 9.53 Å². The molecule has 0 atom stereocenters. The Labute approximate surface area is 54.4 Å². The zero-order valence-electron chi connectivity index (χ0n) is 5.52. The molecule has 0 heterocycles. The Kier molecular flexibility index (Phi) is 1.92. The van der Waals surface area contributed by atoms with Crippen LogP contribution in [0.2, 0.25) is 0 Å². The molecule has 0 spiro atoms. The third kappa shape index (κ3) is 2.35. The lowest BCUT2D eigenvalue weighted by atomic mass is 10.7. The summed E-state index contributed by atoms with van der Waals surface area (Å²) in [5, 5.41) is 2.69. The van der Waals surface area contributed by atoms with Crippen molar-refractivity contribution in [1.29, 1.82) is 0 Å². The maximum absolute atomic E-state index is 10.6. The molecule has 1 aliphatic carbocycles. The number of rotatable bonds is 2. The number of hydrogen-bond donors (Lipinski definition) is 1. The van der Waals surface area contributed by atoms with Crippen molar-refractivity contribution in [2.24, 2.45) is 0 Å². The van der Waals surface area contributed by atoms with Crippen LogP contribution in [0.4, 0.5) is 4.79 Å². The summed E-state index contributed by atoms with van der Waals surface area (Å²) < 4.78 is 4.64. The Hall–Kier alpha value is -0.730. The highest BCUT2D eigenvalue weighted by Crippen LogP contribution is 2.18. The predicted octanol–water partition coefficient (Wildman–Crippen LogP) is 0.895. The number of amides is 1. The summed E-state index contributed by atoms with van der Waals surface area (Å²) >= 11 is 0. The lowest BCUT2D eigenvalue weighted by Gasteiger charge is -2.00. The molecule has 52 valence electrons. The van der Waals surface area contributed by atoms with E-state index in [0.29, 0.717) is 12.6 Å². The average Bonchev–Trinajstić information content (AvgIpc) is 2.50. The monoisotopic (exact) mass is 129 g/mol. The molecular weight excluding hydrogens is 118 g/mol. The number of nitrogens with one attached hydrogen (secondary N) is 1. The predicted molar refractivity (Wildman–Crippen MR) is 33.2 cm³/mol. The summed E-state index contributed by atoms with van der Waals surface area (Å²) in [6, 6.07) is 0.407. The SMILES string of the molecule is CCOC(=O)NC1CC1. The van der Waals surface area contributed by atoms with E-state index in [1.807, 2.05) is 0 Å². The van der Waals surface area contributed by atoms with Crippen LogP contribution in [0.1, 0.15) is 19.8 Å². The Morgan fingerprint density at radius 2 is 2.44 bits per heavy atom. The zero-order chi connectivity index (χ0) is 6.69. The molecule has 0 saturated heterocycles. The average molecular weight is 129 g/mol. The molecule has 0 aromatic heterocycles. The van der Waals surface area contributed by atoms with Gasteiger partial charge in [-0.1, -0.05) is 0 Å². The molecule has 0 radical (unpaired) electrons. The van der Waals surface area contributed by atoms with E-state index >= 15 is 0 Å². The molecule has 1 fully saturated rings. The summed E-state index contributed by atoms with van der Waals surface area (Å²) in [7, 11) is 0. The highest BCUT2D eigenvalue weighted by molar-refractivity contribution is 5.67. The fourth-order valence-electron chi connectivity index (χ4n) is 0.567. The zero-order valence-corrected chi connectivity index (χ0v) is 5.52. The van der Waals surface area contributed by atoms with E-state index in [9.17, 15) is 4.79 Å². The van der Waals surface area contributed by atoms with Gasteiger partial charge in [-0.05, 0) is 19.8 Å². The molecule has 1 N–H and O–H groups in total. The van der Waals surface area contributed by atoms with Crippen molar-refractivity contribution in [3.8, 4) is 0 Å². The van der Waals surface area contributed by atoms with Crippen LogP contribution >= 0.6 is 0 Å². The molecule has 0 aliphatic heterocycles. The summed E-state index contributed by atoms with van der Waals surface area (Å²) in [6.07, 6.45) is 1.94. The second-order valence-electron chi connectivity index (χ2n) is 2.14. The minimum absolute atomic E-state index is 0.278. The van der Waals surface area contributed by atoms with Crippen molar-refractivity contribution in [3.63, 3.8) is 0 Å². The van der Waals surface area contributed by atoms with E-state index in [1.54, 1.807) is 6.92 Å². The summed E-state index contributed by atoms with van der Waals surface area (Å²) in [5.41, 5.74) is 0. The molecule has 1 amide bonds. The third-order valence-electron chi connectivity index (χ3n) is 1.17. The van der Waals surface area contributed by atoms with Crippen molar-refractivity contribution in [1.82, 2.24) is 5.32 Å². The van der Waals surface area contributed by atoms with E-state index in [4.69, 9.17) is 0 Å². The Morgan fingerprint density at radius 1 is 1.78 bits per heavy atom. The van der Waals surface area contributed by atoms with Crippen molar-refractivity contribution in [2.75, 3.05) is 6.61 Å². The smallest absolute Gasteiger partial charge is 0.407 e. The van der Waals surface area contributed by atoms with Gasteiger partial charge in [0.05, 0.1) is 6.61 Å². The van der Waals surface area contributed by atoms with Crippen LogP contribution in [-0.4, -0.2) is 18.7 Å². The Bertz CT molecular complexity index is 110. The normalized spacial score (nSPS) is 17.0. The van der Waals surface area contributed by atoms with Crippen LogP contribution in [0, 0.1) is 0 Å². The van der Waals surface area contributed by atoms with Crippen LogP contribution in [-0.2, 0) is 4.74 Å². The molecule has 1 saturated carbocycles. The lowest BCUT2D eigenvalue weighted by molar-refractivity contribution is 0.151. The molecule has 3 heteroatoms. The first-order valence-corrected chi connectivity index (χ1v) is 3.26. The van der Waals surface area contributed by atoms with Gasteiger partial charge in [0.15, 0.2) is 0 Å². The second-order valence-corrected chi connectivity index (χ2v) is 2.14. The number of ether oxygens (including phenoxy) is 1. The summed E-state index contributed by atoms with van der Waals surface area (Å²) in [4.78, 5) is 10.6. The van der Waals surface area contributed by atoms with Crippen LogP contribution in [0.5, 0.6) is 0 Å². The first-order chi connectivity index (χ1) is 4.33. The van der Waals surface area contributed by atoms with Crippen LogP contribution in [0.25, 0.3) is 0 Å². The quantitative estimate of drug-likeness (QED) is 0.601. The molecule has 3 nitrogen and oxygen atoms in total. The number of carbonyl (C=O) groups is 1. The van der Waals surface area contributed by atoms with Crippen LogP contribution < -0.4 is 5.32 Å². The minimum Gasteiger partial charge on any atom is -0.450 e. The highest BCUT2D eigenvalue weighted by atomic mass is 16.5. The van der Waals surface area contributed by atoms with Gasteiger partial charge in [-0.25, -0.2) is 4.79 Å². The van der Waals surface area contributed by atoms with Gasteiger partial charge in [-0.3, -0.25) is 0 Å². The lowest BCUT2D eigenvalue weighted by Crippen LogP contribution is -2.25. The minimum atomic E-state index is -0.278. The van der Waals surface area contributed by atoms with E-state index in [2.05, 4.69) is 10.1 Å². The maximum Gasteiger partial charge on any atom is 0.407 e. The van der Waals surface area contributed by atoms with Crippen LogP contribution in [0.15, 0.2) is 0 Å². The van der Waals surface area contributed by atoms with Gasteiger partial charge in [0.2, 0.25) is 0 Å². The largest absolute Gasteiger partial charge is 0.450 e. The molecule has 0 aromatic carbocycles. The molecule has 9 heavy (non-hydrogen) atoms. The number of hydrogen-bond acceptors (Lipinski definition) is 2. The highest BCUT2D eigenvalue weighted by Gasteiger charge is 2.23. The second kappa shape index (κ2) is 2.71. The van der Waals surface area contributed by atoms with Crippen molar-refractivity contribution in [2.45, 2.75) is 25.8 Å². The molecule has 0 aromatic rings. The van der Waals surface area contributed by atoms with Gasteiger partial charge < -0.3 is 10.1 Å². The molecule has 1 aliphatic rings. The Morgan fingerprint density at radius 3 is 2.89 bits per heavy atom. The topological polar surface area (TPSA) is 38.3 Å². The number of alkyl carbamates (subject to hydrolysis) is 1. The first-order valence-electron chi connectivity index (χ1n) is 3.26.